The monoisotopic (exact) mass is 306 g/mol. The van der Waals surface area contributed by atoms with Crippen molar-refractivity contribution in [3.05, 3.63) is 41.6 Å². The molecule has 2 aromatic rings. The summed E-state index contributed by atoms with van der Waals surface area (Å²) in [6.45, 7) is 2.10. The number of hydrogen-bond donors (Lipinski definition) is 0. The number of rotatable bonds is 4. The molecule has 1 heterocycles. The Morgan fingerprint density at radius 3 is 2.62 bits per heavy atom. The second kappa shape index (κ2) is 5.81. The van der Waals surface area contributed by atoms with E-state index >= 15 is 0 Å². The lowest BCUT2D eigenvalue weighted by molar-refractivity contribution is 0.0803. The van der Waals surface area contributed by atoms with Crippen molar-refractivity contribution in [2.45, 2.75) is 6.92 Å². The zero-order valence-electron chi connectivity index (χ0n) is 12.3. The molecule has 112 valence electrons. The van der Waals surface area contributed by atoms with Crippen LogP contribution in [0, 0.1) is 6.92 Å². The number of aromatic nitrogens is 1. The molecule has 0 bridgehead atoms. The highest BCUT2D eigenvalue weighted by molar-refractivity contribution is 7.90. The molecule has 0 spiro atoms. The van der Waals surface area contributed by atoms with E-state index in [1.807, 2.05) is 19.1 Å². The lowest BCUT2D eigenvalue weighted by atomic mass is 10.1. The molecule has 0 fully saturated rings. The molecule has 0 saturated carbocycles. The van der Waals surface area contributed by atoms with Crippen LogP contribution in [0.4, 0.5) is 0 Å². The molecular weight excluding hydrogens is 288 g/mol. The van der Waals surface area contributed by atoms with Gasteiger partial charge in [0.2, 0.25) is 0 Å². The summed E-state index contributed by atoms with van der Waals surface area (Å²) >= 11 is 0. The summed E-state index contributed by atoms with van der Waals surface area (Å²) in [6.07, 6.45) is 1.16. The van der Waals surface area contributed by atoms with E-state index in [0.29, 0.717) is 5.56 Å². The van der Waals surface area contributed by atoms with Crippen molar-refractivity contribution in [2.75, 3.05) is 25.6 Å². The van der Waals surface area contributed by atoms with Gasteiger partial charge in [-0.05, 0) is 31.2 Å². The van der Waals surface area contributed by atoms with Crippen molar-refractivity contribution in [1.82, 2.24) is 9.88 Å². The molecule has 1 amide bonds. The predicted octanol–water partition coefficient (Wildman–Crippen LogP) is 1.66. The molecule has 0 radical (unpaired) electrons. The molecule has 5 nitrogen and oxygen atoms in total. The van der Waals surface area contributed by atoms with Gasteiger partial charge in [0.25, 0.3) is 5.91 Å². The van der Waals surface area contributed by atoms with Gasteiger partial charge in [0.15, 0.2) is 0 Å². The Morgan fingerprint density at radius 2 is 1.95 bits per heavy atom. The van der Waals surface area contributed by atoms with E-state index in [1.165, 1.54) is 4.90 Å². The predicted molar refractivity (Wildman–Crippen MR) is 83.2 cm³/mol. The van der Waals surface area contributed by atoms with Gasteiger partial charge in [-0.15, -0.1) is 0 Å². The molecule has 0 aliphatic heterocycles. The fraction of sp³-hybridized carbons (Fsp3) is 0.333. The highest BCUT2D eigenvalue weighted by Crippen LogP contribution is 2.16. The van der Waals surface area contributed by atoms with Crippen LogP contribution in [-0.4, -0.2) is 49.8 Å². The molecule has 21 heavy (non-hydrogen) atoms. The molecule has 2 rings (SSSR count). The van der Waals surface area contributed by atoms with Crippen LogP contribution in [0.5, 0.6) is 0 Å². The summed E-state index contributed by atoms with van der Waals surface area (Å²) in [7, 11) is -1.48. The normalized spacial score (nSPS) is 11.6. The smallest absolute Gasteiger partial charge is 0.253 e. The maximum Gasteiger partial charge on any atom is 0.253 e. The Hall–Kier alpha value is -1.95. The van der Waals surface area contributed by atoms with Gasteiger partial charge in [-0.25, -0.2) is 8.42 Å². The standard InChI is InChI=1S/C15H18N2O3S/c1-11-4-5-12-10-13(6-7-14(12)16-11)15(18)17(2)8-9-21(3,19)20/h4-7,10H,8-9H2,1-3H3. The highest BCUT2D eigenvalue weighted by Gasteiger charge is 2.14. The van der Waals surface area contributed by atoms with E-state index in [4.69, 9.17) is 0 Å². The number of carbonyl (C=O) groups is 1. The molecule has 0 saturated heterocycles. The van der Waals surface area contributed by atoms with Crippen LogP contribution in [0.25, 0.3) is 10.9 Å². The van der Waals surface area contributed by atoms with Gasteiger partial charge in [0.1, 0.15) is 9.84 Å². The van der Waals surface area contributed by atoms with Crippen molar-refractivity contribution in [3.8, 4) is 0 Å². The van der Waals surface area contributed by atoms with E-state index in [-0.39, 0.29) is 18.2 Å². The number of benzene rings is 1. The summed E-state index contributed by atoms with van der Waals surface area (Å²) < 4.78 is 22.3. The molecule has 0 aliphatic rings. The summed E-state index contributed by atoms with van der Waals surface area (Å²) in [5, 5.41) is 0.892. The molecule has 0 aliphatic carbocycles. The molecular formula is C15H18N2O3S. The molecule has 1 aromatic carbocycles. The zero-order valence-corrected chi connectivity index (χ0v) is 13.1. The third kappa shape index (κ3) is 4.01. The van der Waals surface area contributed by atoms with E-state index in [1.54, 1.807) is 25.2 Å². The number of nitrogens with zero attached hydrogens (tertiary/aromatic N) is 2. The van der Waals surface area contributed by atoms with Crippen LogP contribution in [0.1, 0.15) is 16.1 Å². The lowest BCUT2D eigenvalue weighted by Crippen LogP contribution is -2.31. The number of sulfone groups is 1. The Labute approximate surface area is 124 Å². The van der Waals surface area contributed by atoms with E-state index in [9.17, 15) is 13.2 Å². The van der Waals surface area contributed by atoms with Crippen molar-refractivity contribution >= 4 is 26.6 Å². The quantitative estimate of drug-likeness (QED) is 0.861. The van der Waals surface area contributed by atoms with Gasteiger partial charge >= 0.3 is 0 Å². The van der Waals surface area contributed by atoms with E-state index < -0.39 is 9.84 Å². The second-order valence-corrected chi connectivity index (χ2v) is 7.48. The molecule has 0 unspecified atom stereocenters. The van der Waals surface area contributed by atoms with Crippen LogP contribution in [0.3, 0.4) is 0 Å². The Bertz CT molecular complexity index is 785. The number of pyridine rings is 1. The minimum atomic E-state index is -3.08. The van der Waals surface area contributed by atoms with Gasteiger partial charge in [0.05, 0.1) is 11.3 Å². The fourth-order valence-electron chi connectivity index (χ4n) is 1.99. The minimum absolute atomic E-state index is 0.0381. The fourth-order valence-corrected chi connectivity index (χ4v) is 2.59. The number of aryl methyl sites for hydroxylation is 1. The van der Waals surface area contributed by atoms with Crippen molar-refractivity contribution in [2.24, 2.45) is 0 Å². The Kier molecular flexibility index (Phi) is 4.27. The Balaban J connectivity index is 2.21. The number of hydrogen-bond acceptors (Lipinski definition) is 4. The first-order valence-corrected chi connectivity index (χ1v) is 8.63. The van der Waals surface area contributed by atoms with Gasteiger partial charge < -0.3 is 4.90 Å². The van der Waals surface area contributed by atoms with Crippen molar-refractivity contribution < 1.29 is 13.2 Å². The van der Waals surface area contributed by atoms with Crippen LogP contribution < -0.4 is 0 Å². The van der Waals surface area contributed by atoms with Gasteiger partial charge in [-0.2, -0.15) is 0 Å². The van der Waals surface area contributed by atoms with Crippen LogP contribution >= 0.6 is 0 Å². The molecule has 0 atom stereocenters. The number of fused-ring (bicyclic) bond motifs is 1. The van der Waals surface area contributed by atoms with Crippen LogP contribution in [-0.2, 0) is 9.84 Å². The zero-order chi connectivity index (χ0) is 15.6. The van der Waals surface area contributed by atoms with E-state index in [0.717, 1.165) is 22.9 Å². The van der Waals surface area contributed by atoms with Gasteiger partial charge in [-0.3, -0.25) is 9.78 Å². The highest BCUT2D eigenvalue weighted by atomic mass is 32.2. The first kappa shape index (κ1) is 15.4. The molecule has 0 N–H and O–H groups in total. The van der Waals surface area contributed by atoms with E-state index in [2.05, 4.69) is 4.98 Å². The Morgan fingerprint density at radius 1 is 1.24 bits per heavy atom. The first-order valence-electron chi connectivity index (χ1n) is 6.57. The topological polar surface area (TPSA) is 67.3 Å². The van der Waals surface area contributed by atoms with Crippen LogP contribution in [0.2, 0.25) is 0 Å². The number of amides is 1. The largest absolute Gasteiger partial charge is 0.341 e. The molecule has 1 aromatic heterocycles. The first-order chi connectivity index (χ1) is 9.76. The lowest BCUT2D eigenvalue weighted by Gasteiger charge is -2.16. The SMILES string of the molecule is Cc1ccc2cc(C(=O)N(C)CCS(C)(=O)=O)ccc2n1. The average molecular weight is 306 g/mol. The summed E-state index contributed by atoms with van der Waals surface area (Å²) in [5.41, 5.74) is 2.29. The van der Waals surface area contributed by atoms with Crippen molar-refractivity contribution in [3.63, 3.8) is 0 Å². The summed E-state index contributed by atoms with van der Waals surface area (Å²) in [5.74, 6) is -0.232. The molecule has 6 heteroatoms. The minimum Gasteiger partial charge on any atom is -0.341 e. The number of carbonyl (C=O) groups excluding carboxylic acids is 1. The van der Waals surface area contributed by atoms with Gasteiger partial charge in [0, 0.05) is 36.5 Å². The second-order valence-electron chi connectivity index (χ2n) is 5.22. The van der Waals surface area contributed by atoms with Crippen molar-refractivity contribution in [1.29, 1.82) is 0 Å². The third-order valence-electron chi connectivity index (χ3n) is 3.22. The third-order valence-corrected chi connectivity index (χ3v) is 4.14. The summed E-state index contributed by atoms with van der Waals surface area (Å²) in [6, 6.07) is 9.12. The van der Waals surface area contributed by atoms with Crippen LogP contribution in [0.15, 0.2) is 30.3 Å². The summed E-state index contributed by atoms with van der Waals surface area (Å²) in [4.78, 5) is 18.1. The van der Waals surface area contributed by atoms with Gasteiger partial charge in [-0.1, -0.05) is 6.07 Å². The maximum absolute atomic E-state index is 12.3. The average Bonchev–Trinajstić information content (AvgIpc) is 2.42. The maximum atomic E-state index is 12.3.